The summed E-state index contributed by atoms with van der Waals surface area (Å²) < 4.78 is 21.1. The maximum Gasteiger partial charge on any atom is 0.222 e. The van der Waals surface area contributed by atoms with E-state index in [1.807, 2.05) is 0 Å². The van der Waals surface area contributed by atoms with Gasteiger partial charge in [-0.05, 0) is 6.92 Å². The fourth-order valence-corrected chi connectivity index (χ4v) is 0.369. The Labute approximate surface area is 59.7 Å². The summed E-state index contributed by atoms with van der Waals surface area (Å²) in [4.78, 5) is 0. The van der Waals surface area contributed by atoms with Crippen LogP contribution in [0.3, 0.4) is 0 Å². The molecule has 0 fully saturated rings. The first-order valence-electron chi connectivity index (χ1n) is 2.63. The highest BCUT2D eigenvalue weighted by Crippen LogP contribution is 1.98. The number of hydrogen-bond acceptors (Lipinski definition) is 3. The molecule has 0 aliphatic rings. The summed E-state index contributed by atoms with van der Waals surface area (Å²) in [7, 11) is 1.29. The third kappa shape index (κ3) is 6.08. The largest absolute Gasteiger partial charge is 0.363 e. The average molecular weight is 154 g/mol. The molecule has 0 aromatic rings. The van der Waals surface area contributed by atoms with Crippen LogP contribution in [-0.2, 0) is 9.47 Å². The topological polar surface area (TPSA) is 18.5 Å². The summed E-state index contributed by atoms with van der Waals surface area (Å²) >= 11 is 3.87. The van der Waals surface area contributed by atoms with Crippen molar-refractivity contribution in [2.24, 2.45) is 0 Å². The van der Waals surface area contributed by atoms with Gasteiger partial charge in [0.15, 0.2) is 0 Å². The number of alkyl halides is 1. The standard InChI is InChI=1S/C5H11FO2S/c1-4(9)8-3-5(6)7-2/h4-5,9H,3H2,1-2H3. The van der Waals surface area contributed by atoms with E-state index in [0.717, 1.165) is 0 Å². The Morgan fingerprint density at radius 3 is 2.56 bits per heavy atom. The van der Waals surface area contributed by atoms with E-state index in [1.165, 1.54) is 7.11 Å². The van der Waals surface area contributed by atoms with Crippen LogP contribution < -0.4 is 0 Å². The second-order valence-electron chi connectivity index (χ2n) is 1.58. The highest BCUT2D eigenvalue weighted by Gasteiger charge is 2.04. The van der Waals surface area contributed by atoms with Gasteiger partial charge in [-0.15, -0.1) is 12.6 Å². The van der Waals surface area contributed by atoms with E-state index >= 15 is 0 Å². The van der Waals surface area contributed by atoms with Gasteiger partial charge in [-0.25, -0.2) is 4.39 Å². The molecule has 2 nitrogen and oxygen atoms in total. The normalized spacial score (nSPS) is 17.3. The molecular formula is C5H11FO2S. The van der Waals surface area contributed by atoms with E-state index < -0.39 is 6.36 Å². The van der Waals surface area contributed by atoms with Crippen molar-refractivity contribution in [1.82, 2.24) is 0 Å². The minimum Gasteiger partial charge on any atom is -0.363 e. The molecule has 0 aromatic heterocycles. The van der Waals surface area contributed by atoms with Gasteiger partial charge in [-0.3, -0.25) is 0 Å². The van der Waals surface area contributed by atoms with Crippen LogP contribution in [0.2, 0.25) is 0 Å². The quantitative estimate of drug-likeness (QED) is 0.485. The average Bonchev–Trinajstić information content (AvgIpc) is 1.83. The van der Waals surface area contributed by atoms with Gasteiger partial charge in [-0.1, -0.05) is 0 Å². The molecule has 2 unspecified atom stereocenters. The SMILES string of the molecule is COC(F)COC(C)S. The van der Waals surface area contributed by atoms with Gasteiger partial charge in [0.2, 0.25) is 6.36 Å². The predicted molar refractivity (Wildman–Crippen MR) is 36.3 cm³/mol. The molecule has 2 atom stereocenters. The second kappa shape index (κ2) is 5.02. The van der Waals surface area contributed by atoms with Gasteiger partial charge in [0.25, 0.3) is 0 Å². The summed E-state index contributed by atoms with van der Waals surface area (Å²) in [5.41, 5.74) is -0.238. The summed E-state index contributed by atoms with van der Waals surface area (Å²) in [6.45, 7) is 1.66. The lowest BCUT2D eigenvalue weighted by Gasteiger charge is -2.08. The predicted octanol–water partition coefficient (Wildman–Crippen LogP) is 1.22. The monoisotopic (exact) mass is 154 g/mol. The molecule has 0 spiro atoms. The van der Waals surface area contributed by atoms with Crippen molar-refractivity contribution in [2.45, 2.75) is 18.7 Å². The Hall–Kier alpha value is 0.200. The molecule has 0 saturated carbocycles. The highest BCUT2D eigenvalue weighted by atomic mass is 32.1. The summed E-state index contributed by atoms with van der Waals surface area (Å²) in [5, 5.41) is 0. The van der Waals surface area contributed by atoms with Gasteiger partial charge in [0.1, 0.15) is 6.61 Å². The lowest BCUT2D eigenvalue weighted by atomic mass is 10.7. The fourth-order valence-electron chi connectivity index (χ4n) is 0.283. The van der Waals surface area contributed by atoms with Gasteiger partial charge >= 0.3 is 0 Å². The Kier molecular flexibility index (Phi) is 5.13. The molecule has 0 rings (SSSR count). The van der Waals surface area contributed by atoms with E-state index in [2.05, 4.69) is 17.4 Å². The Morgan fingerprint density at radius 1 is 1.67 bits per heavy atom. The van der Waals surface area contributed by atoms with Crippen molar-refractivity contribution in [1.29, 1.82) is 0 Å². The van der Waals surface area contributed by atoms with Crippen LogP contribution in [0.25, 0.3) is 0 Å². The summed E-state index contributed by atoms with van der Waals surface area (Å²) in [5.74, 6) is 0. The summed E-state index contributed by atoms with van der Waals surface area (Å²) in [6.07, 6.45) is -1.33. The van der Waals surface area contributed by atoms with Crippen LogP contribution in [0.15, 0.2) is 0 Å². The minimum absolute atomic E-state index is 0.0544. The van der Waals surface area contributed by atoms with Crippen molar-refractivity contribution in [3.8, 4) is 0 Å². The van der Waals surface area contributed by atoms with E-state index in [0.29, 0.717) is 0 Å². The molecule has 4 heteroatoms. The molecule has 0 heterocycles. The van der Waals surface area contributed by atoms with Crippen molar-refractivity contribution < 1.29 is 13.9 Å². The van der Waals surface area contributed by atoms with E-state index in [4.69, 9.17) is 4.74 Å². The molecular weight excluding hydrogens is 143 g/mol. The summed E-state index contributed by atoms with van der Waals surface area (Å²) in [6, 6.07) is 0. The van der Waals surface area contributed by atoms with Crippen LogP contribution in [0, 0.1) is 0 Å². The number of hydrogen-bond donors (Lipinski definition) is 1. The van der Waals surface area contributed by atoms with E-state index in [-0.39, 0.29) is 12.0 Å². The number of ether oxygens (including phenoxy) is 2. The third-order valence-corrected chi connectivity index (χ3v) is 0.873. The molecule has 56 valence electrons. The highest BCUT2D eigenvalue weighted by molar-refractivity contribution is 7.80. The zero-order valence-electron chi connectivity index (χ0n) is 5.50. The van der Waals surface area contributed by atoms with Crippen molar-refractivity contribution >= 4 is 12.6 Å². The Morgan fingerprint density at radius 2 is 2.22 bits per heavy atom. The van der Waals surface area contributed by atoms with Crippen LogP contribution in [0.4, 0.5) is 4.39 Å². The first kappa shape index (κ1) is 9.20. The molecule has 0 saturated heterocycles. The lowest BCUT2D eigenvalue weighted by molar-refractivity contribution is -0.0686. The minimum atomic E-state index is -1.33. The van der Waals surface area contributed by atoms with Gasteiger partial charge in [0, 0.05) is 7.11 Å². The molecule has 0 N–H and O–H groups in total. The molecule has 0 radical (unpaired) electrons. The van der Waals surface area contributed by atoms with Crippen molar-refractivity contribution in [3.05, 3.63) is 0 Å². The second-order valence-corrected chi connectivity index (χ2v) is 2.31. The molecule has 0 aliphatic heterocycles. The maximum absolute atomic E-state index is 12.1. The molecule has 0 aliphatic carbocycles. The molecule has 0 bridgehead atoms. The number of halogens is 1. The lowest BCUT2D eigenvalue weighted by Crippen LogP contribution is -2.14. The fraction of sp³-hybridized carbons (Fsp3) is 1.00. The van der Waals surface area contributed by atoms with Crippen LogP contribution in [0.1, 0.15) is 6.92 Å². The molecule has 9 heavy (non-hydrogen) atoms. The van der Waals surface area contributed by atoms with Gasteiger partial charge in [-0.2, -0.15) is 0 Å². The smallest absolute Gasteiger partial charge is 0.222 e. The maximum atomic E-state index is 12.1. The molecule has 0 aromatic carbocycles. The van der Waals surface area contributed by atoms with Crippen LogP contribution in [-0.4, -0.2) is 25.5 Å². The first-order valence-corrected chi connectivity index (χ1v) is 3.15. The zero-order valence-corrected chi connectivity index (χ0v) is 6.40. The third-order valence-electron chi connectivity index (χ3n) is 0.724. The van der Waals surface area contributed by atoms with Gasteiger partial charge < -0.3 is 9.47 Å². The van der Waals surface area contributed by atoms with Crippen molar-refractivity contribution in [2.75, 3.05) is 13.7 Å². The van der Waals surface area contributed by atoms with Crippen molar-refractivity contribution in [3.63, 3.8) is 0 Å². The number of thiol groups is 1. The number of rotatable bonds is 4. The van der Waals surface area contributed by atoms with Crippen LogP contribution >= 0.6 is 12.6 Å². The van der Waals surface area contributed by atoms with Crippen LogP contribution in [0.5, 0.6) is 0 Å². The van der Waals surface area contributed by atoms with E-state index in [9.17, 15) is 4.39 Å². The number of methoxy groups -OCH3 is 1. The zero-order chi connectivity index (χ0) is 7.28. The van der Waals surface area contributed by atoms with Gasteiger partial charge in [0.05, 0.1) is 5.44 Å². The molecule has 0 amide bonds. The Balaban J connectivity index is 3.06. The Bertz CT molecular complexity index is 70.0. The van der Waals surface area contributed by atoms with E-state index in [1.54, 1.807) is 6.92 Å². The first-order chi connectivity index (χ1) is 4.16.